The van der Waals surface area contributed by atoms with Gasteiger partial charge in [-0.15, -0.1) is 0 Å². The number of aryl methyl sites for hydroxylation is 2. The molecule has 4 heteroatoms. The predicted molar refractivity (Wildman–Crippen MR) is 81.9 cm³/mol. The monoisotopic (exact) mass is 322 g/mol. The van der Waals surface area contributed by atoms with Crippen LogP contribution in [0.15, 0.2) is 16.6 Å². The third kappa shape index (κ3) is 1.98. The molecule has 0 spiro atoms. The average Bonchev–Trinajstić information content (AvgIpc) is 2.97. The van der Waals surface area contributed by atoms with Crippen molar-refractivity contribution in [3.05, 3.63) is 27.9 Å². The molecule has 1 unspecified atom stereocenters. The van der Waals surface area contributed by atoms with Gasteiger partial charge in [-0.25, -0.2) is 0 Å². The van der Waals surface area contributed by atoms with Gasteiger partial charge in [-0.05, 0) is 59.9 Å². The van der Waals surface area contributed by atoms with Crippen molar-refractivity contribution in [1.82, 2.24) is 9.88 Å². The third-order valence-corrected chi connectivity index (χ3v) is 4.82. The van der Waals surface area contributed by atoms with Gasteiger partial charge in [0.25, 0.3) is 0 Å². The van der Waals surface area contributed by atoms with Crippen molar-refractivity contribution in [1.29, 1.82) is 0 Å². The Balaban J connectivity index is 2.29. The molecule has 1 aliphatic heterocycles. The van der Waals surface area contributed by atoms with Gasteiger partial charge in [-0.2, -0.15) is 0 Å². The third-order valence-electron chi connectivity index (χ3n) is 3.99. The summed E-state index contributed by atoms with van der Waals surface area (Å²) in [5, 5.41) is 4.81. The molecule has 0 saturated carbocycles. The molecule has 3 nitrogen and oxygen atoms in total. The van der Waals surface area contributed by atoms with Crippen molar-refractivity contribution in [3.63, 3.8) is 0 Å². The van der Waals surface area contributed by atoms with E-state index in [0.717, 1.165) is 12.3 Å². The van der Waals surface area contributed by atoms with Gasteiger partial charge < -0.3 is 14.6 Å². The van der Waals surface area contributed by atoms with E-state index in [1.807, 2.05) is 0 Å². The van der Waals surface area contributed by atoms with Gasteiger partial charge in [0.05, 0.1) is 12.6 Å². The zero-order chi connectivity index (χ0) is 13.6. The van der Waals surface area contributed by atoms with Crippen LogP contribution in [0.2, 0.25) is 0 Å². The summed E-state index contributed by atoms with van der Waals surface area (Å²) >= 11 is 3.79. The lowest BCUT2D eigenvalue weighted by molar-refractivity contribution is 0.417. The molecule has 3 rings (SSSR count). The molecule has 0 radical (unpaired) electrons. The number of halogens is 1. The number of aromatic nitrogens is 1. The van der Waals surface area contributed by atoms with Crippen LogP contribution in [0.1, 0.15) is 30.1 Å². The lowest BCUT2D eigenvalue weighted by Gasteiger charge is -2.13. The number of ether oxygens (including phenoxy) is 1. The maximum Gasteiger partial charge on any atom is 0.143 e. The zero-order valence-corrected chi connectivity index (χ0v) is 13.2. The summed E-state index contributed by atoms with van der Waals surface area (Å²) in [6.45, 7) is 3.21. The Morgan fingerprint density at radius 2 is 2.21 bits per heavy atom. The summed E-state index contributed by atoms with van der Waals surface area (Å²) in [5.41, 5.74) is 3.72. The van der Waals surface area contributed by atoms with Crippen LogP contribution in [0.3, 0.4) is 0 Å². The predicted octanol–water partition coefficient (Wildman–Crippen LogP) is 3.68. The Bertz CT molecular complexity index is 627. The van der Waals surface area contributed by atoms with Crippen molar-refractivity contribution >= 4 is 26.8 Å². The lowest BCUT2D eigenvalue weighted by atomic mass is 10.1. The van der Waals surface area contributed by atoms with E-state index in [9.17, 15) is 0 Å². The summed E-state index contributed by atoms with van der Waals surface area (Å²) in [6.07, 6.45) is 2.44. The Kier molecular flexibility index (Phi) is 3.31. The van der Waals surface area contributed by atoms with E-state index in [-0.39, 0.29) is 0 Å². The van der Waals surface area contributed by atoms with Crippen LogP contribution in [-0.4, -0.2) is 18.2 Å². The molecule has 1 aliphatic rings. The lowest BCUT2D eigenvalue weighted by Crippen LogP contribution is -2.16. The molecule has 102 valence electrons. The first-order chi connectivity index (χ1) is 9.13. The van der Waals surface area contributed by atoms with Crippen molar-refractivity contribution in [2.45, 2.75) is 25.8 Å². The number of fused-ring (bicyclic) bond motifs is 1. The van der Waals surface area contributed by atoms with Crippen LogP contribution in [0, 0.1) is 6.92 Å². The molecule has 1 N–H and O–H groups in total. The summed E-state index contributed by atoms with van der Waals surface area (Å²) in [4.78, 5) is 0. The molecular weight excluding hydrogens is 304 g/mol. The fourth-order valence-electron chi connectivity index (χ4n) is 3.12. The molecule has 0 amide bonds. The highest BCUT2D eigenvalue weighted by Crippen LogP contribution is 2.40. The van der Waals surface area contributed by atoms with Gasteiger partial charge in [0, 0.05) is 28.6 Å². The van der Waals surface area contributed by atoms with E-state index in [0.29, 0.717) is 6.04 Å². The summed E-state index contributed by atoms with van der Waals surface area (Å²) < 4.78 is 9.02. The van der Waals surface area contributed by atoms with E-state index in [2.05, 4.69) is 51.9 Å². The number of rotatable bonds is 2. The Morgan fingerprint density at radius 1 is 1.42 bits per heavy atom. The minimum absolute atomic E-state index is 0.441. The highest BCUT2D eigenvalue weighted by molar-refractivity contribution is 9.10. The maximum absolute atomic E-state index is 5.56. The van der Waals surface area contributed by atoms with Crippen LogP contribution < -0.4 is 10.1 Å². The van der Waals surface area contributed by atoms with Crippen molar-refractivity contribution in [2.75, 3.05) is 13.7 Å². The molecule has 1 aromatic heterocycles. The van der Waals surface area contributed by atoms with E-state index in [1.165, 1.54) is 39.5 Å². The number of methoxy groups -OCH3 is 1. The maximum atomic E-state index is 5.56. The van der Waals surface area contributed by atoms with Gasteiger partial charge >= 0.3 is 0 Å². The van der Waals surface area contributed by atoms with Crippen LogP contribution in [-0.2, 0) is 7.05 Å². The smallest absolute Gasteiger partial charge is 0.143 e. The number of hydrogen-bond acceptors (Lipinski definition) is 2. The largest absolute Gasteiger partial charge is 0.495 e. The van der Waals surface area contributed by atoms with Crippen molar-refractivity contribution in [2.24, 2.45) is 7.05 Å². The van der Waals surface area contributed by atoms with E-state index in [4.69, 9.17) is 4.74 Å². The molecular formula is C15H19BrN2O. The Morgan fingerprint density at radius 3 is 2.84 bits per heavy atom. The van der Waals surface area contributed by atoms with Gasteiger partial charge in [-0.1, -0.05) is 0 Å². The average molecular weight is 323 g/mol. The van der Waals surface area contributed by atoms with Crippen molar-refractivity contribution < 1.29 is 4.74 Å². The zero-order valence-electron chi connectivity index (χ0n) is 11.6. The molecule has 2 heterocycles. The standard InChI is InChI=1S/C15H19BrN2O/c1-9-7-10-13(16)15(11-5-4-6-17-11)18(2)14(10)12(8-9)19-3/h7-8,11,17H,4-6H2,1-3H3. The van der Waals surface area contributed by atoms with E-state index in [1.54, 1.807) is 7.11 Å². The molecule has 0 bridgehead atoms. The fraction of sp³-hybridized carbons (Fsp3) is 0.467. The molecule has 19 heavy (non-hydrogen) atoms. The first kappa shape index (κ1) is 13.0. The quantitative estimate of drug-likeness (QED) is 0.912. The van der Waals surface area contributed by atoms with E-state index >= 15 is 0 Å². The van der Waals surface area contributed by atoms with Crippen LogP contribution in [0.25, 0.3) is 10.9 Å². The second-order valence-corrected chi connectivity index (χ2v) is 6.06. The molecule has 1 fully saturated rings. The highest BCUT2D eigenvalue weighted by atomic mass is 79.9. The van der Waals surface area contributed by atoms with Crippen molar-refractivity contribution in [3.8, 4) is 5.75 Å². The minimum Gasteiger partial charge on any atom is -0.495 e. The van der Waals surface area contributed by atoms with Crippen LogP contribution in [0.4, 0.5) is 0 Å². The topological polar surface area (TPSA) is 26.2 Å². The normalized spacial score (nSPS) is 19.3. The van der Waals surface area contributed by atoms with Gasteiger partial charge in [0.2, 0.25) is 0 Å². The first-order valence-electron chi connectivity index (χ1n) is 6.69. The molecule has 1 atom stereocenters. The number of nitrogens with zero attached hydrogens (tertiary/aromatic N) is 1. The van der Waals surface area contributed by atoms with Gasteiger partial charge in [0.1, 0.15) is 5.75 Å². The number of benzene rings is 1. The van der Waals surface area contributed by atoms with Crippen LogP contribution in [0.5, 0.6) is 5.75 Å². The molecule has 0 aliphatic carbocycles. The number of hydrogen-bond donors (Lipinski definition) is 1. The second kappa shape index (κ2) is 4.84. The summed E-state index contributed by atoms with van der Waals surface area (Å²) in [5.74, 6) is 0.947. The summed E-state index contributed by atoms with van der Waals surface area (Å²) in [6, 6.07) is 4.76. The van der Waals surface area contributed by atoms with Crippen LogP contribution >= 0.6 is 15.9 Å². The Hall–Kier alpha value is -1.00. The minimum atomic E-state index is 0.441. The van der Waals surface area contributed by atoms with Gasteiger partial charge in [-0.3, -0.25) is 0 Å². The highest BCUT2D eigenvalue weighted by Gasteiger charge is 2.25. The Labute approximate surface area is 122 Å². The number of nitrogens with one attached hydrogen (secondary N) is 1. The SMILES string of the molecule is COc1cc(C)cc2c(Br)c(C3CCCN3)n(C)c12. The molecule has 1 saturated heterocycles. The summed E-state index contributed by atoms with van der Waals surface area (Å²) in [7, 11) is 3.86. The van der Waals surface area contributed by atoms with E-state index < -0.39 is 0 Å². The second-order valence-electron chi connectivity index (χ2n) is 5.27. The molecule has 1 aromatic carbocycles. The molecule has 2 aromatic rings. The van der Waals surface area contributed by atoms with Gasteiger partial charge in [0.15, 0.2) is 0 Å². The first-order valence-corrected chi connectivity index (χ1v) is 7.48. The fourth-order valence-corrected chi connectivity index (χ4v) is 3.97.